The van der Waals surface area contributed by atoms with Crippen LogP contribution in [-0.4, -0.2) is 56.9 Å². The van der Waals surface area contributed by atoms with E-state index >= 15 is 0 Å². The topological polar surface area (TPSA) is 64.8 Å². The van der Waals surface area contributed by atoms with Crippen molar-refractivity contribution in [3.63, 3.8) is 0 Å². The van der Waals surface area contributed by atoms with Crippen LogP contribution in [0.25, 0.3) is 0 Å². The standard InChI is InChI=1S/C9H18N2O3/c1-13-9(12)6-8(7-10)11-2-4-14-5-3-11/h8H,2-7,10H2,1H3. The molecular weight excluding hydrogens is 184 g/mol. The molecule has 5 nitrogen and oxygen atoms in total. The summed E-state index contributed by atoms with van der Waals surface area (Å²) < 4.78 is 9.85. The predicted molar refractivity (Wildman–Crippen MR) is 51.9 cm³/mol. The van der Waals surface area contributed by atoms with E-state index < -0.39 is 0 Å². The van der Waals surface area contributed by atoms with Crippen molar-refractivity contribution in [2.24, 2.45) is 5.73 Å². The van der Waals surface area contributed by atoms with Crippen molar-refractivity contribution in [1.29, 1.82) is 0 Å². The number of morpholine rings is 1. The first kappa shape index (κ1) is 11.4. The number of hydrogen-bond acceptors (Lipinski definition) is 5. The number of nitrogens with zero attached hydrogens (tertiary/aromatic N) is 1. The minimum atomic E-state index is -0.202. The Morgan fingerprint density at radius 3 is 2.71 bits per heavy atom. The number of hydrogen-bond donors (Lipinski definition) is 1. The summed E-state index contributed by atoms with van der Waals surface area (Å²) in [5.41, 5.74) is 5.62. The molecule has 0 aromatic rings. The molecule has 1 aliphatic heterocycles. The fourth-order valence-electron chi connectivity index (χ4n) is 1.58. The Labute approximate surface area is 84.1 Å². The number of methoxy groups -OCH3 is 1. The summed E-state index contributed by atoms with van der Waals surface area (Å²) in [5, 5.41) is 0. The number of carbonyl (C=O) groups excluding carboxylic acids is 1. The van der Waals surface area contributed by atoms with Gasteiger partial charge in [0.05, 0.1) is 26.7 Å². The van der Waals surface area contributed by atoms with E-state index in [1.165, 1.54) is 7.11 Å². The average Bonchev–Trinajstić information content (AvgIpc) is 2.26. The Bertz CT molecular complexity index is 181. The molecule has 1 atom stereocenters. The van der Waals surface area contributed by atoms with Crippen molar-refractivity contribution in [2.75, 3.05) is 40.0 Å². The molecule has 1 saturated heterocycles. The molecule has 14 heavy (non-hydrogen) atoms. The van der Waals surface area contributed by atoms with Gasteiger partial charge in [0.2, 0.25) is 0 Å². The third-order valence-electron chi connectivity index (χ3n) is 2.46. The van der Waals surface area contributed by atoms with Crippen LogP contribution in [0.5, 0.6) is 0 Å². The van der Waals surface area contributed by atoms with Crippen LogP contribution in [0, 0.1) is 0 Å². The molecule has 1 fully saturated rings. The van der Waals surface area contributed by atoms with Crippen LogP contribution in [0.1, 0.15) is 6.42 Å². The highest BCUT2D eigenvalue weighted by molar-refractivity contribution is 5.69. The maximum Gasteiger partial charge on any atom is 0.307 e. The minimum Gasteiger partial charge on any atom is -0.469 e. The molecule has 0 radical (unpaired) electrons. The van der Waals surface area contributed by atoms with Crippen molar-refractivity contribution in [3.8, 4) is 0 Å². The number of nitrogens with two attached hydrogens (primary N) is 1. The van der Waals surface area contributed by atoms with Gasteiger partial charge < -0.3 is 15.2 Å². The second-order valence-electron chi connectivity index (χ2n) is 3.32. The Morgan fingerprint density at radius 1 is 1.57 bits per heavy atom. The van der Waals surface area contributed by atoms with Gasteiger partial charge in [0.15, 0.2) is 0 Å². The first-order valence-corrected chi connectivity index (χ1v) is 4.86. The molecule has 0 saturated carbocycles. The van der Waals surface area contributed by atoms with Crippen molar-refractivity contribution >= 4 is 5.97 Å². The molecule has 0 spiro atoms. The molecule has 1 heterocycles. The zero-order valence-electron chi connectivity index (χ0n) is 8.57. The maximum atomic E-state index is 11.1. The fraction of sp³-hybridized carbons (Fsp3) is 0.889. The van der Waals surface area contributed by atoms with E-state index in [1.54, 1.807) is 0 Å². The molecule has 1 unspecified atom stereocenters. The quantitative estimate of drug-likeness (QED) is 0.605. The lowest BCUT2D eigenvalue weighted by Gasteiger charge is -2.33. The van der Waals surface area contributed by atoms with Crippen LogP contribution in [0.15, 0.2) is 0 Å². The van der Waals surface area contributed by atoms with Crippen LogP contribution in [0.3, 0.4) is 0 Å². The van der Waals surface area contributed by atoms with Gasteiger partial charge in [-0.15, -0.1) is 0 Å². The molecule has 2 N–H and O–H groups in total. The van der Waals surface area contributed by atoms with Gasteiger partial charge in [0.1, 0.15) is 0 Å². The third-order valence-corrected chi connectivity index (χ3v) is 2.46. The normalized spacial score (nSPS) is 20.4. The molecule has 82 valence electrons. The first-order chi connectivity index (χ1) is 6.77. The zero-order chi connectivity index (χ0) is 10.4. The number of esters is 1. The summed E-state index contributed by atoms with van der Waals surface area (Å²) in [7, 11) is 1.40. The van der Waals surface area contributed by atoms with Gasteiger partial charge in [0.25, 0.3) is 0 Å². The Hall–Kier alpha value is -0.650. The molecule has 1 rings (SSSR count). The largest absolute Gasteiger partial charge is 0.469 e. The summed E-state index contributed by atoms with van der Waals surface area (Å²) in [6.45, 7) is 3.61. The molecule has 0 aliphatic carbocycles. The lowest BCUT2D eigenvalue weighted by molar-refractivity contribution is -0.142. The highest BCUT2D eigenvalue weighted by atomic mass is 16.5. The lowest BCUT2D eigenvalue weighted by atomic mass is 10.1. The highest BCUT2D eigenvalue weighted by Crippen LogP contribution is 2.07. The van der Waals surface area contributed by atoms with Gasteiger partial charge in [-0.3, -0.25) is 9.69 Å². The lowest BCUT2D eigenvalue weighted by Crippen LogP contribution is -2.47. The molecule has 0 aromatic carbocycles. The van der Waals surface area contributed by atoms with E-state index in [1.807, 2.05) is 0 Å². The van der Waals surface area contributed by atoms with E-state index in [0.29, 0.717) is 13.0 Å². The Kier molecular flexibility index (Phi) is 4.86. The van der Waals surface area contributed by atoms with Gasteiger partial charge in [-0.1, -0.05) is 0 Å². The van der Waals surface area contributed by atoms with Gasteiger partial charge in [-0.05, 0) is 0 Å². The van der Waals surface area contributed by atoms with E-state index in [-0.39, 0.29) is 12.0 Å². The molecular formula is C9H18N2O3. The number of ether oxygens (including phenoxy) is 2. The maximum absolute atomic E-state index is 11.1. The summed E-state index contributed by atoms with van der Waals surface area (Å²) >= 11 is 0. The third kappa shape index (κ3) is 3.25. The SMILES string of the molecule is COC(=O)CC(CN)N1CCOCC1. The van der Waals surface area contributed by atoms with E-state index in [0.717, 1.165) is 26.3 Å². The summed E-state index contributed by atoms with van der Waals surface area (Å²) in [4.78, 5) is 13.3. The number of rotatable bonds is 4. The summed E-state index contributed by atoms with van der Waals surface area (Å²) in [6, 6.07) is 0.0892. The van der Waals surface area contributed by atoms with Crippen LogP contribution in [0.2, 0.25) is 0 Å². The van der Waals surface area contributed by atoms with Crippen LogP contribution < -0.4 is 5.73 Å². The molecule has 0 amide bonds. The first-order valence-electron chi connectivity index (χ1n) is 4.86. The average molecular weight is 202 g/mol. The Morgan fingerprint density at radius 2 is 2.21 bits per heavy atom. The predicted octanol–water partition coefficient (Wildman–Crippen LogP) is -0.791. The second kappa shape index (κ2) is 5.95. The second-order valence-corrected chi connectivity index (χ2v) is 3.32. The zero-order valence-corrected chi connectivity index (χ0v) is 8.57. The van der Waals surface area contributed by atoms with E-state index in [9.17, 15) is 4.79 Å². The van der Waals surface area contributed by atoms with Crippen molar-refractivity contribution < 1.29 is 14.3 Å². The Balaban J connectivity index is 2.39. The van der Waals surface area contributed by atoms with Crippen molar-refractivity contribution in [3.05, 3.63) is 0 Å². The fourth-order valence-corrected chi connectivity index (χ4v) is 1.58. The molecule has 1 aliphatic rings. The van der Waals surface area contributed by atoms with Crippen molar-refractivity contribution in [2.45, 2.75) is 12.5 Å². The summed E-state index contributed by atoms with van der Waals surface area (Å²) in [5.74, 6) is -0.202. The van der Waals surface area contributed by atoms with Crippen molar-refractivity contribution in [1.82, 2.24) is 4.90 Å². The van der Waals surface area contributed by atoms with Gasteiger partial charge in [0, 0.05) is 25.7 Å². The molecule has 5 heteroatoms. The van der Waals surface area contributed by atoms with Gasteiger partial charge in [-0.25, -0.2) is 0 Å². The summed E-state index contributed by atoms with van der Waals surface area (Å²) in [6.07, 6.45) is 0.368. The highest BCUT2D eigenvalue weighted by Gasteiger charge is 2.22. The van der Waals surface area contributed by atoms with Crippen LogP contribution in [-0.2, 0) is 14.3 Å². The monoisotopic (exact) mass is 202 g/mol. The van der Waals surface area contributed by atoms with Gasteiger partial charge in [-0.2, -0.15) is 0 Å². The molecule has 0 aromatic heterocycles. The molecule has 0 bridgehead atoms. The van der Waals surface area contributed by atoms with Crippen LogP contribution in [0.4, 0.5) is 0 Å². The smallest absolute Gasteiger partial charge is 0.307 e. The van der Waals surface area contributed by atoms with E-state index in [4.69, 9.17) is 10.5 Å². The van der Waals surface area contributed by atoms with E-state index in [2.05, 4.69) is 9.64 Å². The minimum absolute atomic E-state index is 0.0892. The van der Waals surface area contributed by atoms with Crippen LogP contribution >= 0.6 is 0 Å². The number of carbonyl (C=O) groups is 1. The van der Waals surface area contributed by atoms with Gasteiger partial charge >= 0.3 is 5.97 Å².